The Labute approximate surface area is 122 Å². The Hall–Kier alpha value is -0.460. The van der Waals surface area contributed by atoms with Crippen molar-refractivity contribution in [1.29, 1.82) is 0 Å². The second-order valence-corrected chi connectivity index (χ2v) is 7.29. The summed E-state index contributed by atoms with van der Waals surface area (Å²) in [5.74, 6) is 0. The fourth-order valence-corrected chi connectivity index (χ4v) is 2.80. The molecule has 0 aliphatic carbocycles. The minimum absolute atomic E-state index is 0.479. The second kappa shape index (κ2) is 8.66. The molecule has 19 heavy (non-hydrogen) atoms. The highest BCUT2D eigenvalue weighted by Crippen LogP contribution is 2.25. The third-order valence-corrected chi connectivity index (χ3v) is 3.91. The first-order chi connectivity index (χ1) is 8.72. The van der Waals surface area contributed by atoms with Gasteiger partial charge in [0.2, 0.25) is 0 Å². The van der Waals surface area contributed by atoms with Gasteiger partial charge in [0, 0.05) is 17.8 Å². The van der Waals surface area contributed by atoms with E-state index in [-0.39, 0.29) is 0 Å². The van der Waals surface area contributed by atoms with Crippen molar-refractivity contribution in [3.63, 3.8) is 0 Å². The maximum atomic E-state index is 4.26. The smallest absolute Gasteiger partial charge is 0.0286 e. The van der Waals surface area contributed by atoms with E-state index in [1.807, 2.05) is 0 Å². The van der Waals surface area contributed by atoms with Crippen LogP contribution in [0, 0.1) is 5.41 Å². The SMILES string of the molecule is C=C(CC)N(C(C)C)C(CC)CCCCC(C)(C)C. The minimum atomic E-state index is 0.479. The van der Waals surface area contributed by atoms with E-state index in [9.17, 15) is 0 Å². The van der Waals surface area contributed by atoms with Gasteiger partial charge in [-0.15, -0.1) is 0 Å². The van der Waals surface area contributed by atoms with E-state index in [1.165, 1.54) is 37.8 Å². The Kier molecular flexibility index (Phi) is 8.45. The summed E-state index contributed by atoms with van der Waals surface area (Å²) in [6.07, 6.45) is 7.63. The minimum Gasteiger partial charge on any atom is -0.370 e. The monoisotopic (exact) mass is 267 g/mol. The van der Waals surface area contributed by atoms with Gasteiger partial charge in [0.25, 0.3) is 0 Å². The van der Waals surface area contributed by atoms with Crippen molar-refractivity contribution in [1.82, 2.24) is 4.90 Å². The summed E-state index contributed by atoms with van der Waals surface area (Å²) in [6.45, 7) is 20.4. The van der Waals surface area contributed by atoms with Crippen LogP contribution in [0.5, 0.6) is 0 Å². The van der Waals surface area contributed by atoms with Gasteiger partial charge in [-0.1, -0.05) is 54.0 Å². The van der Waals surface area contributed by atoms with Crippen LogP contribution in [-0.4, -0.2) is 17.0 Å². The lowest BCUT2D eigenvalue weighted by Gasteiger charge is -2.38. The fraction of sp³-hybridized carbons (Fsp3) is 0.889. The molecule has 0 N–H and O–H groups in total. The standard InChI is InChI=1S/C18H37N/c1-9-16(5)19(15(3)4)17(10-2)13-11-12-14-18(6,7)8/h15,17H,5,9-14H2,1-4,6-8H3. The van der Waals surface area contributed by atoms with Crippen LogP contribution in [-0.2, 0) is 0 Å². The van der Waals surface area contributed by atoms with Crippen LogP contribution in [0.3, 0.4) is 0 Å². The molecule has 1 atom stereocenters. The summed E-state index contributed by atoms with van der Waals surface area (Å²) >= 11 is 0. The molecule has 0 spiro atoms. The molecule has 0 aliphatic rings. The number of hydrogen-bond acceptors (Lipinski definition) is 1. The molecule has 0 bridgehead atoms. The zero-order valence-electron chi connectivity index (χ0n) is 14.6. The maximum Gasteiger partial charge on any atom is 0.0286 e. The normalized spacial score (nSPS) is 13.7. The predicted molar refractivity (Wildman–Crippen MR) is 88.4 cm³/mol. The lowest BCUT2D eigenvalue weighted by molar-refractivity contribution is 0.180. The van der Waals surface area contributed by atoms with E-state index in [2.05, 4.69) is 59.9 Å². The average Bonchev–Trinajstić information content (AvgIpc) is 2.30. The number of nitrogens with zero attached hydrogens (tertiary/aromatic N) is 1. The van der Waals surface area contributed by atoms with Crippen LogP contribution in [0.1, 0.15) is 87.0 Å². The molecule has 0 aliphatic heterocycles. The zero-order chi connectivity index (χ0) is 15.1. The molecular weight excluding hydrogens is 230 g/mol. The van der Waals surface area contributed by atoms with Gasteiger partial charge in [-0.2, -0.15) is 0 Å². The molecule has 0 heterocycles. The number of unbranched alkanes of at least 4 members (excludes halogenated alkanes) is 1. The van der Waals surface area contributed by atoms with Crippen LogP contribution >= 0.6 is 0 Å². The van der Waals surface area contributed by atoms with Crippen molar-refractivity contribution >= 4 is 0 Å². The van der Waals surface area contributed by atoms with E-state index in [1.54, 1.807) is 0 Å². The molecule has 114 valence electrons. The number of allylic oxidation sites excluding steroid dienone is 1. The van der Waals surface area contributed by atoms with E-state index in [0.29, 0.717) is 17.5 Å². The third-order valence-electron chi connectivity index (χ3n) is 3.91. The van der Waals surface area contributed by atoms with Gasteiger partial charge in [0.05, 0.1) is 0 Å². The quantitative estimate of drug-likeness (QED) is 0.463. The molecule has 0 saturated heterocycles. The molecule has 0 aromatic heterocycles. The highest BCUT2D eigenvalue weighted by Gasteiger charge is 2.20. The first-order valence-corrected chi connectivity index (χ1v) is 8.19. The molecular formula is C18H37N. The van der Waals surface area contributed by atoms with Gasteiger partial charge in [0.15, 0.2) is 0 Å². The van der Waals surface area contributed by atoms with Crippen molar-refractivity contribution in [2.24, 2.45) is 5.41 Å². The Balaban J connectivity index is 4.34. The molecule has 0 radical (unpaired) electrons. The lowest BCUT2D eigenvalue weighted by Crippen LogP contribution is -2.39. The van der Waals surface area contributed by atoms with Gasteiger partial charge in [-0.3, -0.25) is 0 Å². The van der Waals surface area contributed by atoms with Crippen molar-refractivity contribution in [2.45, 2.75) is 99.1 Å². The second-order valence-electron chi connectivity index (χ2n) is 7.29. The largest absolute Gasteiger partial charge is 0.370 e. The maximum absolute atomic E-state index is 4.26. The highest BCUT2D eigenvalue weighted by molar-refractivity contribution is 4.97. The summed E-state index contributed by atoms with van der Waals surface area (Å²) < 4.78 is 0. The summed E-state index contributed by atoms with van der Waals surface area (Å²) in [5, 5.41) is 0. The van der Waals surface area contributed by atoms with Gasteiger partial charge in [0.1, 0.15) is 0 Å². The summed E-state index contributed by atoms with van der Waals surface area (Å²) in [6, 6.07) is 1.24. The van der Waals surface area contributed by atoms with Gasteiger partial charge in [-0.05, 0) is 44.9 Å². The van der Waals surface area contributed by atoms with E-state index in [0.717, 1.165) is 6.42 Å². The topological polar surface area (TPSA) is 3.24 Å². The molecule has 1 unspecified atom stereocenters. The molecule has 0 rings (SSSR count). The van der Waals surface area contributed by atoms with Gasteiger partial charge in [-0.25, -0.2) is 0 Å². The van der Waals surface area contributed by atoms with E-state index in [4.69, 9.17) is 0 Å². The highest BCUT2D eigenvalue weighted by atomic mass is 15.2. The Morgan fingerprint density at radius 3 is 2.05 bits per heavy atom. The average molecular weight is 268 g/mol. The summed E-state index contributed by atoms with van der Waals surface area (Å²) in [4.78, 5) is 2.55. The van der Waals surface area contributed by atoms with Crippen molar-refractivity contribution < 1.29 is 0 Å². The third kappa shape index (κ3) is 7.64. The number of rotatable bonds is 9. The van der Waals surface area contributed by atoms with Crippen LogP contribution in [0.15, 0.2) is 12.3 Å². The molecule has 0 aromatic carbocycles. The van der Waals surface area contributed by atoms with Gasteiger partial charge >= 0.3 is 0 Å². The van der Waals surface area contributed by atoms with Crippen molar-refractivity contribution in [3.05, 3.63) is 12.3 Å². The Morgan fingerprint density at radius 1 is 1.11 bits per heavy atom. The Morgan fingerprint density at radius 2 is 1.68 bits per heavy atom. The fourth-order valence-electron chi connectivity index (χ4n) is 2.80. The van der Waals surface area contributed by atoms with Crippen LogP contribution < -0.4 is 0 Å². The Bertz CT molecular complexity index is 247. The molecule has 0 fully saturated rings. The van der Waals surface area contributed by atoms with Crippen LogP contribution in [0.25, 0.3) is 0 Å². The van der Waals surface area contributed by atoms with E-state index >= 15 is 0 Å². The first-order valence-electron chi connectivity index (χ1n) is 8.19. The summed E-state index contributed by atoms with van der Waals surface area (Å²) in [5.41, 5.74) is 1.78. The van der Waals surface area contributed by atoms with Crippen LogP contribution in [0.4, 0.5) is 0 Å². The van der Waals surface area contributed by atoms with E-state index < -0.39 is 0 Å². The van der Waals surface area contributed by atoms with Crippen molar-refractivity contribution in [3.8, 4) is 0 Å². The van der Waals surface area contributed by atoms with Crippen LogP contribution in [0.2, 0.25) is 0 Å². The number of hydrogen-bond donors (Lipinski definition) is 0. The molecule has 1 heteroatoms. The predicted octanol–water partition coefficient (Wildman–Crippen LogP) is 6.01. The molecule has 0 amide bonds. The van der Waals surface area contributed by atoms with Gasteiger partial charge < -0.3 is 4.90 Å². The zero-order valence-corrected chi connectivity index (χ0v) is 14.6. The lowest BCUT2D eigenvalue weighted by atomic mass is 9.89. The molecule has 0 aromatic rings. The molecule has 0 saturated carbocycles. The molecule has 1 nitrogen and oxygen atoms in total. The van der Waals surface area contributed by atoms with Crippen molar-refractivity contribution in [2.75, 3.05) is 0 Å². The first kappa shape index (κ1) is 18.5. The summed E-state index contributed by atoms with van der Waals surface area (Å²) in [7, 11) is 0.